The quantitative estimate of drug-likeness (QED) is 0.388. The van der Waals surface area contributed by atoms with Crippen LogP contribution in [0.4, 0.5) is 5.69 Å². The molecule has 1 N–H and O–H groups in total. The number of aryl methyl sites for hydroxylation is 1. The number of ether oxygens (including phenoxy) is 2. The number of thioether (sulfide) groups is 1. The lowest BCUT2D eigenvalue weighted by molar-refractivity contribution is -0.113. The molecule has 0 atom stereocenters. The molecule has 1 aromatic heterocycles. The van der Waals surface area contributed by atoms with Crippen LogP contribution in [0.3, 0.4) is 0 Å². The Morgan fingerprint density at radius 3 is 2.53 bits per heavy atom. The van der Waals surface area contributed by atoms with Crippen molar-refractivity contribution in [3.63, 3.8) is 0 Å². The van der Waals surface area contributed by atoms with Crippen LogP contribution in [-0.4, -0.2) is 54.8 Å². The van der Waals surface area contributed by atoms with Gasteiger partial charge in [-0.1, -0.05) is 24.2 Å². The molecular formula is C24H28N4O6S2. The number of nitrogens with zero attached hydrogens (tertiary/aromatic N) is 3. The Kier molecular flexibility index (Phi) is 8.49. The van der Waals surface area contributed by atoms with Gasteiger partial charge in [-0.15, -0.1) is 10.2 Å². The molecular weight excluding hydrogens is 504 g/mol. The minimum Gasteiger partial charge on any atom is -0.497 e. The van der Waals surface area contributed by atoms with Gasteiger partial charge in [-0.05, 0) is 61.7 Å². The second kappa shape index (κ2) is 11.8. The molecule has 0 bridgehead atoms. The van der Waals surface area contributed by atoms with E-state index >= 15 is 0 Å². The van der Waals surface area contributed by atoms with Crippen LogP contribution < -0.4 is 14.8 Å². The molecule has 10 nitrogen and oxygen atoms in total. The zero-order valence-corrected chi connectivity index (χ0v) is 21.7. The monoisotopic (exact) mass is 532 g/mol. The maximum atomic E-state index is 13.0. The number of methoxy groups -OCH3 is 1. The van der Waals surface area contributed by atoms with E-state index in [0.717, 1.165) is 42.3 Å². The van der Waals surface area contributed by atoms with Crippen LogP contribution in [-0.2, 0) is 21.4 Å². The Morgan fingerprint density at radius 2 is 1.81 bits per heavy atom. The Labute approximate surface area is 214 Å². The molecule has 0 saturated carbocycles. The Bertz CT molecular complexity index is 1290. The number of aromatic nitrogens is 2. The summed E-state index contributed by atoms with van der Waals surface area (Å²) in [6.07, 6.45) is 2.75. The zero-order valence-electron chi connectivity index (χ0n) is 20.1. The molecule has 192 valence electrons. The van der Waals surface area contributed by atoms with Crippen molar-refractivity contribution < 1.29 is 27.1 Å². The third kappa shape index (κ3) is 6.56. The molecule has 1 aliphatic heterocycles. The average molecular weight is 533 g/mol. The number of nitrogens with one attached hydrogen (secondary N) is 1. The van der Waals surface area contributed by atoms with E-state index in [9.17, 15) is 13.2 Å². The molecule has 2 aromatic carbocycles. The number of carbonyl (C=O) groups excluding carboxylic acids is 1. The third-order valence-corrected chi connectivity index (χ3v) is 8.35. The molecule has 4 rings (SSSR count). The van der Waals surface area contributed by atoms with Crippen molar-refractivity contribution >= 4 is 33.4 Å². The minimum absolute atomic E-state index is 0.0174. The van der Waals surface area contributed by atoms with Gasteiger partial charge in [0, 0.05) is 18.8 Å². The van der Waals surface area contributed by atoms with E-state index in [4.69, 9.17) is 13.9 Å². The predicted molar refractivity (Wildman–Crippen MR) is 135 cm³/mol. The topological polar surface area (TPSA) is 124 Å². The number of piperidine rings is 1. The molecule has 1 aliphatic rings. The van der Waals surface area contributed by atoms with Crippen molar-refractivity contribution in [1.29, 1.82) is 0 Å². The smallest absolute Gasteiger partial charge is 0.277 e. The summed E-state index contributed by atoms with van der Waals surface area (Å²) in [5.74, 6) is 1.33. The number of benzene rings is 2. The van der Waals surface area contributed by atoms with Crippen LogP contribution in [0.25, 0.3) is 0 Å². The van der Waals surface area contributed by atoms with Gasteiger partial charge in [0.15, 0.2) is 6.61 Å². The van der Waals surface area contributed by atoms with Gasteiger partial charge >= 0.3 is 0 Å². The van der Waals surface area contributed by atoms with Crippen molar-refractivity contribution in [1.82, 2.24) is 14.5 Å². The Hall–Kier alpha value is -3.09. The van der Waals surface area contributed by atoms with E-state index in [0.29, 0.717) is 24.5 Å². The second-order valence-corrected chi connectivity index (χ2v) is 11.1. The van der Waals surface area contributed by atoms with Crippen molar-refractivity contribution in [3.05, 3.63) is 53.9 Å². The lowest BCUT2D eigenvalue weighted by atomic mass is 10.2. The van der Waals surface area contributed by atoms with Crippen LogP contribution in [0.5, 0.6) is 11.5 Å². The maximum Gasteiger partial charge on any atom is 0.277 e. The highest BCUT2D eigenvalue weighted by molar-refractivity contribution is 7.99. The standard InChI is InChI=1S/C24H28N4O6S2/c1-17-6-11-20(36(30,31)28-12-4-3-5-13-28)14-21(17)25-22(29)16-35-24-27-26-23(34-24)15-33-19-9-7-18(32-2)8-10-19/h6-11,14H,3-5,12-13,15-16H2,1-2H3,(H,25,29). The first-order valence-electron chi connectivity index (χ1n) is 11.5. The lowest BCUT2D eigenvalue weighted by Crippen LogP contribution is -2.35. The summed E-state index contributed by atoms with van der Waals surface area (Å²) in [5.41, 5.74) is 1.22. The minimum atomic E-state index is -3.59. The van der Waals surface area contributed by atoms with Gasteiger partial charge in [-0.2, -0.15) is 4.31 Å². The van der Waals surface area contributed by atoms with Gasteiger partial charge in [0.05, 0.1) is 17.8 Å². The fourth-order valence-corrected chi connectivity index (χ4v) is 5.76. The first kappa shape index (κ1) is 26.0. The summed E-state index contributed by atoms with van der Waals surface area (Å²) in [7, 11) is -2.00. The van der Waals surface area contributed by atoms with Crippen molar-refractivity contribution in [3.8, 4) is 11.5 Å². The number of rotatable bonds is 10. The van der Waals surface area contributed by atoms with Crippen LogP contribution in [0, 0.1) is 6.92 Å². The molecule has 1 amide bonds. The molecule has 2 heterocycles. The summed E-state index contributed by atoms with van der Waals surface area (Å²) in [6.45, 7) is 2.94. The van der Waals surface area contributed by atoms with E-state index in [1.54, 1.807) is 43.5 Å². The number of hydrogen-bond donors (Lipinski definition) is 1. The molecule has 1 fully saturated rings. The lowest BCUT2D eigenvalue weighted by Gasteiger charge is -2.26. The number of hydrogen-bond acceptors (Lipinski definition) is 9. The molecule has 0 spiro atoms. The first-order valence-corrected chi connectivity index (χ1v) is 13.9. The maximum absolute atomic E-state index is 13.0. The SMILES string of the molecule is COc1ccc(OCc2nnc(SCC(=O)Nc3cc(S(=O)(=O)N4CCCCC4)ccc3C)o2)cc1. The molecule has 36 heavy (non-hydrogen) atoms. The molecule has 12 heteroatoms. The molecule has 3 aromatic rings. The summed E-state index contributed by atoms with van der Waals surface area (Å²) >= 11 is 1.08. The van der Waals surface area contributed by atoms with Gasteiger partial charge in [0.1, 0.15) is 11.5 Å². The van der Waals surface area contributed by atoms with Gasteiger partial charge < -0.3 is 19.2 Å². The van der Waals surface area contributed by atoms with E-state index in [-0.39, 0.29) is 34.3 Å². The highest BCUT2D eigenvalue weighted by atomic mass is 32.2. The highest BCUT2D eigenvalue weighted by Crippen LogP contribution is 2.26. The first-order chi connectivity index (χ1) is 17.3. The average Bonchev–Trinajstić information content (AvgIpc) is 3.36. The molecule has 0 unspecified atom stereocenters. The van der Waals surface area contributed by atoms with Gasteiger partial charge in [0.25, 0.3) is 11.1 Å². The number of sulfonamides is 1. The van der Waals surface area contributed by atoms with Crippen molar-refractivity contribution in [2.24, 2.45) is 0 Å². The zero-order chi connectivity index (χ0) is 25.5. The Morgan fingerprint density at radius 1 is 1.08 bits per heavy atom. The predicted octanol–water partition coefficient (Wildman–Crippen LogP) is 3.87. The van der Waals surface area contributed by atoms with E-state index in [1.807, 2.05) is 6.92 Å². The second-order valence-electron chi connectivity index (χ2n) is 8.20. The molecule has 0 aliphatic carbocycles. The summed E-state index contributed by atoms with van der Waals surface area (Å²) < 4.78 is 43.7. The largest absolute Gasteiger partial charge is 0.497 e. The van der Waals surface area contributed by atoms with Gasteiger partial charge in [-0.3, -0.25) is 4.79 Å². The van der Waals surface area contributed by atoms with Crippen LogP contribution in [0.2, 0.25) is 0 Å². The fraction of sp³-hybridized carbons (Fsp3) is 0.375. The summed E-state index contributed by atoms with van der Waals surface area (Å²) in [6, 6.07) is 11.9. The molecule has 0 radical (unpaired) electrons. The van der Waals surface area contributed by atoms with Crippen molar-refractivity contribution in [2.75, 3.05) is 31.3 Å². The third-order valence-electron chi connectivity index (χ3n) is 5.63. The molecule has 1 saturated heterocycles. The summed E-state index contributed by atoms with van der Waals surface area (Å²) in [5, 5.41) is 10.9. The van der Waals surface area contributed by atoms with E-state index < -0.39 is 10.0 Å². The normalized spacial score (nSPS) is 14.4. The highest BCUT2D eigenvalue weighted by Gasteiger charge is 2.26. The summed E-state index contributed by atoms with van der Waals surface area (Å²) in [4.78, 5) is 12.7. The van der Waals surface area contributed by atoms with Crippen LogP contribution in [0.1, 0.15) is 30.7 Å². The van der Waals surface area contributed by atoms with Gasteiger partial charge in [-0.25, -0.2) is 8.42 Å². The van der Waals surface area contributed by atoms with E-state index in [1.165, 1.54) is 10.4 Å². The number of carbonyl (C=O) groups is 1. The number of amides is 1. The Balaban J connectivity index is 1.30. The fourth-order valence-electron chi connectivity index (χ4n) is 3.64. The van der Waals surface area contributed by atoms with Gasteiger partial charge in [0.2, 0.25) is 15.9 Å². The number of anilines is 1. The van der Waals surface area contributed by atoms with E-state index in [2.05, 4.69) is 15.5 Å². The van der Waals surface area contributed by atoms with Crippen LogP contribution >= 0.6 is 11.8 Å². The van der Waals surface area contributed by atoms with Crippen molar-refractivity contribution in [2.45, 2.75) is 42.9 Å². The van der Waals surface area contributed by atoms with Crippen LogP contribution in [0.15, 0.2) is 57.0 Å².